The number of carbonyl (C=O) groups is 3. The van der Waals surface area contributed by atoms with Crippen LogP contribution < -0.4 is 15.3 Å². The van der Waals surface area contributed by atoms with Crippen molar-refractivity contribution in [2.75, 3.05) is 0 Å². The summed E-state index contributed by atoms with van der Waals surface area (Å²) in [6, 6.07) is 13.2. The third-order valence-corrected chi connectivity index (χ3v) is 4.35. The van der Waals surface area contributed by atoms with Crippen molar-refractivity contribution in [3.63, 3.8) is 0 Å². The summed E-state index contributed by atoms with van der Waals surface area (Å²) in [6.45, 7) is 4.81. The van der Waals surface area contributed by atoms with Crippen LogP contribution >= 0.6 is 0 Å². The number of carboxylic acid groups (broad SMARTS) is 3. The van der Waals surface area contributed by atoms with Gasteiger partial charge in [-0.15, -0.1) is 0 Å². The van der Waals surface area contributed by atoms with Crippen molar-refractivity contribution in [3.05, 3.63) is 88.0 Å². The summed E-state index contributed by atoms with van der Waals surface area (Å²) >= 11 is 0. The van der Waals surface area contributed by atoms with Crippen molar-refractivity contribution in [2.24, 2.45) is 0 Å². The Morgan fingerprint density at radius 2 is 0.735 bits per heavy atom. The molecule has 0 unspecified atom stereocenters. The zero-order valence-corrected chi connectivity index (χ0v) is 19.7. The number of hydrogen-bond donors (Lipinski definition) is 3. The third-order valence-electron chi connectivity index (χ3n) is 4.35. The van der Waals surface area contributed by atoms with Gasteiger partial charge in [-0.05, 0) is 37.5 Å². The van der Waals surface area contributed by atoms with Gasteiger partial charge in [0, 0.05) is 0 Å². The van der Waals surface area contributed by atoms with Crippen molar-refractivity contribution in [3.8, 4) is 17.2 Å². The van der Waals surface area contributed by atoms with E-state index in [4.69, 9.17) is 15.3 Å². The Labute approximate surface area is 206 Å². The predicted octanol–water partition coefficient (Wildman–Crippen LogP) is 1.92. The number of rotatable bonds is 3. The van der Waals surface area contributed by atoms with E-state index in [1.165, 1.54) is 18.2 Å². The summed E-state index contributed by atoms with van der Waals surface area (Å²) in [5.74, 6) is -4.78. The van der Waals surface area contributed by atoms with Crippen LogP contribution in [0.1, 0.15) is 47.8 Å². The van der Waals surface area contributed by atoms with Crippen molar-refractivity contribution in [1.82, 2.24) is 0 Å². The minimum absolute atomic E-state index is 0. The average Bonchev–Trinajstić information content (AvgIpc) is 2.68. The Morgan fingerprint density at radius 1 is 0.529 bits per heavy atom. The molecule has 3 aromatic carbocycles. The molecule has 0 atom stereocenters. The zero-order valence-electron chi connectivity index (χ0n) is 18.6. The average molecular weight is 480 g/mol. The Balaban J connectivity index is 0.000000473. The molecular weight excluding hydrogens is 459 g/mol. The Hall–Kier alpha value is -4.00. The number of aryl methyl sites for hydroxylation is 3. The van der Waals surface area contributed by atoms with Crippen molar-refractivity contribution in [2.45, 2.75) is 20.8 Å². The first-order valence-electron chi connectivity index (χ1n) is 9.38. The molecule has 3 aromatic rings. The van der Waals surface area contributed by atoms with E-state index in [9.17, 15) is 29.7 Å². The van der Waals surface area contributed by atoms with Crippen molar-refractivity contribution in [1.29, 1.82) is 0 Å². The largest absolute Gasteiger partial charge is 3.00 e. The fraction of sp³-hybridized carbons (Fsp3) is 0.125. The summed E-state index contributed by atoms with van der Waals surface area (Å²) in [5.41, 5.74) is 1.12. The van der Waals surface area contributed by atoms with Crippen molar-refractivity contribution < 1.29 is 45.0 Å². The van der Waals surface area contributed by atoms with Gasteiger partial charge >= 0.3 is 35.3 Å². The van der Waals surface area contributed by atoms with Crippen LogP contribution in [-0.2, 0) is 0 Å². The summed E-state index contributed by atoms with van der Waals surface area (Å²) < 4.78 is 0. The Bertz CT molecular complexity index is 966. The van der Waals surface area contributed by atoms with Gasteiger partial charge in [-0.3, -0.25) is 0 Å². The van der Waals surface area contributed by atoms with Gasteiger partial charge in [-0.25, -0.2) is 14.4 Å². The topological polar surface area (TPSA) is 181 Å². The number of benzene rings is 3. The fourth-order valence-electron chi connectivity index (χ4n) is 2.74. The molecule has 0 spiro atoms. The number of hydrogen-bond acceptors (Lipinski definition) is 6. The van der Waals surface area contributed by atoms with Gasteiger partial charge < -0.3 is 30.6 Å². The molecule has 0 saturated heterocycles. The van der Waals surface area contributed by atoms with E-state index in [1.807, 2.05) is 0 Å². The van der Waals surface area contributed by atoms with Gasteiger partial charge in [0.15, 0.2) is 0 Å². The molecule has 3 N–H and O–H groups in total. The second kappa shape index (κ2) is 13.5. The molecule has 0 saturated carbocycles. The molecule has 0 radical (unpaired) electrons. The molecule has 3 rings (SSSR count). The van der Waals surface area contributed by atoms with E-state index in [0.29, 0.717) is 16.7 Å². The molecule has 0 amide bonds. The normalized spacial score (nSPS) is 9.26. The van der Waals surface area contributed by atoms with E-state index in [2.05, 4.69) is 0 Å². The molecule has 0 aliphatic heterocycles. The molecule has 174 valence electrons. The zero-order chi connectivity index (χ0) is 25.3. The van der Waals surface area contributed by atoms with E-state index < -0.39 is 35.2 Å². The molecule has 0 aliphatic carbocycles. The van der Waals surface area contributed by atoms with Gasteiger partial charge in [-0.2, -0.15) is 0 Å². The first kappa shape index (κ1) is 30.0. The van der Waals surface area contributed by atoms with Crippen LogP contribution in [0.5, 0.6) is 17.2 Å². The summed E-state index contributed by atoms with van der Waals surface area (Å²) in [4.78, 5) is 31.3. The van der Waals surface area contributed by atoms with Crippen LogP contribution in [0.3, 0.4) is 0 Å². The molecule has 0 fully saturated rings. The van der Waals surface area contributed by atoms with Gasteiger partial charge in [0.2, 0.25) is 0 Å². The summed E-state index contributed by atoms with van der Waals surface area (Å²) in [7, 11) is 0. The minimum atomic E-state index is -1.16. The first-order valence-corrected chi connectivity index (χ1v) is 9.38. The van der Waals surface area contributed by atoms with E-state index in [0.717, 1.165) is 0 Å². The van der Waals surface area contributed by atoms with E-state index >= 15 is 0 Å². The Kier molecular flexibility index (Phi) is 11.9. The predicted molar refractivity (Wildman–Crippen MR) is 119 cm³/mol. The molecule has 0 aromatic heterocycles. The molecule has 0 heterocycles. The molecule has 0 aliphatic rings. The van der Waals surface area contributed by atoms with Gasteiger partial charge in [0.1, 0.15) is 0 Å². The number of aromatic carboxylic acids is 3. The quantitative estimate of drug-likeness (QED) is 0.472. The van der Waals surface area contributed by atoms with Crippen molar-refractivity contribution >= 4 is 35.3 Å². The van der Waals surface area contributed by atoms with E-state index in [-0.39, 0.29) is 34.1 Å². The fourth-order valence-corrected chi connectivity index (χ4v) is 2.74. The maximum absolute atomic E-state index is 10.9. The van der Waals surface area contributed by atoms with Gasteiger partial charge in [-0.1, -0.05) is 71.8 Å². The monoisotopic (exact) mass is 480 g/mol. The first-order chi connectivity index (χ1) is 15.4. The minimum Gasteiger partial charge on any atom is -0.872 e. The number of carboxylic acids is 3. The molecule has 0 bridgehead atoms. The standard InChI is InChI=1S/3C8H8O3.Al/c3*1-5-3-2-4-6(9)7(5)8(10)11;/h3*2-4,9H,1H3,(H,10,11);/q;;;+3/p-3. The van der Waals surface area contributed by atoms with Crippen LogP contribution in [0.4, 0.5) is 0 Å². The summed E-state index contributed by atoms with van der Waals surface area (Å²) in [6.07, 6.45) is 0. The van der Waals surface area contributed by atoms with Gasteiger partial charge in [0.25, 0.3) is 0 Å². The van der Waals surface area contributed by atoms with Gasteiger partial charge in [0.05, 0.1) is 16.7 Å². The van der Waals surface area contributed by atoms with Crippen LogP contribution in [0.15, 0.2) is 54.6 Å². The van der Waals surface area contributed by atoms with Crippen LogP contribution in [0.2, 0.25) is 0 Å². The maximum Gasteiger partial charge on any atom is 3.00 e. The second-order valence-electron chi connectivity index (χ2n) is 6.76. The molecule has 34 heavy (non-hydrogen) atoms. The van der Waals surface area contributed by atoms with Crippen LogP contribution in [0, 0.1) is 20.8 Å². The Morgan fingerprint density at radius 3 is 0.853 bits per heavy atom. The molecular formula is C24H21AlO9. The second-order valence-corrected chi connectivity index (χ2v) is 6.76. The molecule has 9 nitrogen and oxygen atoms in total. The SMILES string of the molecule is Cc1cccc([O-])c1C(=O)O.Cc1cccc([O-])c1C(=O)O.Cc1cccc([O-])c1C(=O)O.[Al+3]. The summed E-state index contributed by atoms with van der Waals surface area (Å²) in [5, 5.41) is 58.3. The smallest absolute Gasteiger partial charge is 0.872 e. The third kappa shape index (κ3) is 8.17. The van der Waals surface area contributed by atoms with Crippen LogP contribution in [0.25, 0.3) is 0 Å². The maximum atomic E-state index is 10.9. The van der Waals surface area contributed by atoms with Crippen LogP contribution in [-0.4, -0.2) is 50.6 Å². The molecule has 10 heteroatoms. The van der Waals surface area contributed by atoms with E-state index in [1.54, 1.807) is 57.2 Å².